The Morgan fingerprint density at radius 1 is 2.00 bits per heavy atom. The predicted molar refractivity (Wildman–Crippen MR) is 30.6 cm³/mol. The van der Waals surface area contributed by atoms with Crippen LogP contribution in [0.1, 0.15) is 6.92 Å². The molecular formula is C3H10IrN2S. The van der Waals surface area contributed by atoms with Crippen molar-refractivity contribution in [3.05, 3.63) is 0 Å². The molecule has 1 unspecified atom stereocenters. The first-order valence-corrected chi connectivity index (χ1v) is 5.05. The fourth-order valence-corrected chi connectivity index (χ4v) is 1.63. The molecule has 0 radical (unpaired) electrons. The summed E-state index contributed by atoms with van der Waals surface area (Å²) in [7, 11) is 0. The third-order valence-corrected chi connectivity index (χ3v) is 1.59. The van der Waals surface area contributed by atoms with Crippen LogP contribution in [-0.2, 0) is 18.2 Å². The van der Waals surface area contributed by atoms with Crippen molar-refractivity contribution in [2.75, 3.05) is 6.54 Å². The van der Waals surface area contributed by atoms with Crippen LogP contribution in [0, 0.1) is 0 Å². The Balaban J connectivity index is 2.68. The van der Waals surface area contributed by atoms with E-state index in [-0.39, 0.29) is 18.2 Å². The van der Waals surface area contributed by atoms with Gasteiger partial charge in [-0.3, -0.25) is 0 Å². The van der Waals surface area contributed by atoms with Gasteiger partial charge in [-0.1, -0.05) is 0 Å². The van der Waals surface area contributed by atoms with Gasteiger partial charge in [-0.05, 0) is 0 Å². The van der Waals surface area contributed by atoms with E-state index in [9.17, 15) is 0 Å². The SMILES string of the molecule is CC(S)C[NH][Ir][NH2]. The zero-order valence-electron chi connectivity index (χ0n) is 4.14. The van der Waals surface area contributed by atoms with Gasteiger partial charge >= 0.3 is 57.9 Å². The summed E-state index contributed by atoms with van der Waals surface area (Å²) in [5, 5.41) is 0.437. The number of nitrogens with two attached hydrogens (primary N) is 1. The van der Waals surface area contributed by atoms with Crippen molar-refractivity contribution in [1.29, 1.82) is 0 Å². The standard InChI is InChI=1S/C3H8NS.Ir.H2N/c1-3(5)2-4;;/h3-5H,2H2,1H3;;1H2/q-1;+2;-1. The summed E-state index contributed by atoms with van der Waals surface area (Å²) < 4.78 is 8.33. The van der Waals surface area contributed by atoms with Crippen molar-refractivity contribution in [3.63, 3.8) is 0 Å². The number of hydrogen-bond acceptors (Lipinski definition) is 3. The van der Waals surface area contributed by atoms with E-state index in [1.165, 1.54) is 0 Å². The average Bonchev–Trinajstić information content (AvgIpc) is 1.61. The second-order valence-corrected chi connectivity index (χ2v) is 3.69. The third-order valence-electron chi connectivity index (χ3n) is 0.431. The number of thiol groups is 1. The van der Waals surface area contributed by atoms with E-state index >= 15 is 0 Å². The van der Waals surface area contributed by atoms with E-state index in [2.05, 4.69) is 16.6 Å². The molecule has 0 spiro atoms. The molecule has 0 bridgehead atoms. The normalized spacial score (nSPS) is 14.7. The van der Waals surface area contributed by atoms with Crippen molar-refractivity contribution in [2.45, 2.75) is 12.2 Å². The zero-order chi connectivity index (χ0) is 5.70. The molecule has 0 aromatic carbocycles. The van der Waals surface area contributed by atoms with Gasteiger partial charge in [0.2, 0.25) is 0 Å². The van der Waals surface area contributed by atoms with E-state index in [0.717, 1.165) is 6.54 Å². The summed E-state index contributed by atoms with van der Waals surface area (Å²) in [6, 6.07) is 0. The topological polar surface area (TPSA) is 38.0 Å². The van der Waals surface area contributed by atoms with E-state index in [1.54, 1.807) is 0 Å². The molecule has 0 aliphatic carbocycles. The summed E-state index contributed by atoms with van der Waals surface area (Å²) in [5.41, 5.74) is 0. The molecule has 0 amide bonds. The van der Waals surface area contributed by atoms with Crippen LogP contribution >= 0.6 is 12.6 Å². The molecule has 0 aliphatic rings. The molecular weight excluding hydrogens is 288 g/mol. The molecule has 0 heterocycles. The van der Waals surface area contributed by atoms with Crippen molar-refractivity contribution < 1.29 is 18.2 Å². The molecule has 7 heavy (non-hydrogen) atoms. The summed E-state index contributed by atoms with van der Waals surface area (Å²) >= 11 is 3.80. The van der Waals surface area contributed by atoms with Crippen molar-refractivity contribution >= 4 is 12.6 Å². The fourth-order valence-electron chi connectivity index (χ4n) is 0.138. The van der Waals surface area contributed by atoms with Crippen LogP contribution in [0.3, 0.4) is 0 Å². The Hall–Kier alpha value is 0.919. The van der Waals surface area contributed by atoms with Crippen LogP contribution in [0.2, 0.25) is 0 Å². The first kappa shape index (κ1) is 7.92. The number of rotatable bonds is 3. The van der Waals surface area contributed by atoms with Crippen LogP contribution in [0.25, 0.3) is 0 Å². The molecule has 0 aromatic rings. The molecule has 0 saturated heterocycles. The zero-order valence-corrected chi connectivity index (χ0v) is 7.43. The van der Waals surface area contributed by atoms with E-state index < -0.39 is 0 Å². The second kappa shape index (κ2) is 5.06. The maximum absolute atomic E-state index is 5.26. The van der Waals surface area contributed by atoms with E-state index in [0.29, 0.717) is 5.25 Å². The van der Waals surface area contributed by atoms with Gasteiger partial charge in [0.25, 0.3) is 0 Å². The quantitative estimate of drug-likeness (QED) is 0.630. The average molecular weight is 298 g/mol. The Kier molecular flexibility index (Phi) is 5.73. The molecule has 47 valence electrons. The van der Waals surface area contributed by atoms with E-state index in [4.69, 9.17) is 4.40 Å². The van der Waals surface area contributed by atoms with Crippen molar-refractivity contribution in [2.24, 2.45) is 4.40 Å². The first-order valence-electron chi connectivity index (χ1n) is 1.96. The number of nitrogens with one attached hydrogen (secondary N) is 1. The minimum atomic E-state index is -0.330. The van der Waals surface area contributed by atoms with Gasteiger partial charge in [0.05, 0.1) is 0 Å². The Bertz CT molecular complexity index is 41.9. The summed E-state index contributed by atoms with van der Waals surface area (Å²) in [6.45, 7) is 2.98. The van der Waals surface area contributed by atoms with Gasteiger partial charge < -0.3 is 0 Å². The van der Waals surface area contributed by atoms with Crippen molar-refractivity contribution in [1.82, 2.24) is 3.99 Å². The number of hydrogen-bond donors (Lipinski definition) is 3. The van der Waals surface area contributed by atoms with Crippen LogP contribution < -0.4 is 8.39 Å². The molecule has 0 saturated carbocycles. The Labute approximate surface area is 58.2 Å². The summed E-state index contributed by atoms with van der Waals surface area (Å²) in [5.74, 6) is 0. The fraction of sp³-hybridized carbons (Fsp3) is 1.00. The molecule has 2 nitrogen and oxygen atoms in total. The van der Waals surface area contributed by atoms with Gasteiger partial charge in [0.1, 0.15) is 0 Å². The van der Waals surface area contributed by atoms with Crippen LogP contribution in [-0.4, -0.2) is 11.8 Å². The van der Waals surface area contributed by atoms with Gasteiger partial charge in [-0.15, -0.1) is 0 Å². The van der Waals surface area contributed by atoms with E-state index in [1.807, 2.05) is 6.92 Å². The molecule has 1 atom stereocenters. The first-order chi connectivity index (χ1) is 3.27. The predicted octanol–water partition coefficient (Wildman–Crippen LogP) is -0.235. The second-order valence-electron chi connectivity index (χ2n) is 1.27. The Morgan fingerprint density at radius 3 is 2.71 bits per heavy atom. The van der Waals surface area contributed by atoms with Gasteiger partial charge in [0, 0.05) is 0 Å². The minimum absolute atomic E-state index is 0.330. The van der Waals surface area contributed by atoms with Crippen LogP contribution in [0.5, 0.6) is 0 Å². The molecule has 0 aliphatic heterocycles. The molecule has 4 heteroatoms. The molecule has 0 aromatic heterocycles. The van der Waals surface area contributed by atoms with Crippen molar-refractivity contribution in [3.8, 4) is 0 Å². The summed E-state index contributed by atoms with van der Waals surface area (Å²) in [4.78, 5) is 0. The monoisotopic (exact) mass is 299 g/mol. The summed E-state index contributed by atoms with van der Waals surface area (Å²) in [6.07, 6.45) is 0. The van der Waals surface area contributed by atoms with Crippen LogP contribution in [0.15, 0.2) is 0 Å². The molecule has 0 fully saturated rings. The van der Waals surface area contributed by atoms with Gasteiger partial charge in [-0.2, -0.15) is 0 Å². The van der Waals surface area contributed by atoms with Crippen LogP contribution in [0.4, 0.5) is 0 Å². The molecule has 3 N–H and O–H groups in total. The Morgan fingerprint density at radius 2 is 2.57 bits per heavy atom. The van der Waals surface area contributed by atoms with Gasteiger partial charge in [0.15, 0.2) is 0 Å². The maximum atomic E-state index is 5.26. The molecule has 0 rings (SSSR count). The van der Waals surface area contributed by atoms with Gasteiger partial charge in [-0.25, -0.2) is 0 Å². The third kappa shape index (κ3) is 6.92.